The SMILES string of the molecule is CCOC(=O)C(CC)C1(O)c2ccccc2OCC1C. The molecule has 20 heavy (non-hydrogen) atoms. The summed E-state index contributed by atoms with van der Waals surface area (Å²) in [7, 11) is 0. The molecule has 4 heteroatoms. The Morgan fingerprint density at radius 2 is 2.20 bits per heavy atom. The summed E-state index contributed by atoms with van der Waals surface area (Å²) < 4.78 is 10.8. The number of ether oxygens (including phenoxy) is 2. The lowest BCUT2D eigenvalue weighted by Gasteiger charge is -2.43. The zero-order chi connectivity index (χ0) is 14.8. The minimum absolute atomic E-state index is 0.174. The molecule has 3 atom stereocenters. The molecule has 4 nitrogen and oxygen atoms in total. The highest BCUT2D eigenvalue weighted by Crippen LogP contribution is 2.46. The van der Waals surface area contributed by atoms with Gasteiger partial charge in [0.05, 0.1) is 19.1 Å². The molecular weight excluding hydrogens is 256 g/mol. The van der Waals surface area contributed by atoms with Crippen molar-refractivity contribution < 1.29 is 19.4 Å². The fraction of sp³-hybridized carbons (Fsp3) is 0.562. The number of carbonyl (C=O) groups excluding carboxylic acids is 1. The summed E-state index contributed by atoms with van der Waals surface area (Å²) in [6.45, 7) is 6.28. The van der Waals surface area contributed by atoms with Gasteiger partial charge in [-0.2, -0.15) is 0 Å². The van der Waals surface area contributed by atoms with Gasteiger partial charge in [-0.3, -0.25) is 4.79 Å². The number of esters is 1. The first-order valence-corrected chi connectivity index (χ1v) is 7.16. The molecule has 3 unspecified atom stereocenters. The van der Waals surface area contributed by atoms with E-state index in [9.17, 15) is 9.90 Å². The number of hydrogen-bond acceptors (Lipinski definition) is 4. The molecule has 0 saturated heterocycles. The first-order valence-electron chi connectivity index (χ1n) is 7.16. The van der Waals surface area contributed by atoms with Crippen LogP contribution in [0.4, 0.5) is 0 Å². The van der Waals surface area contributed by atoms with E-state index in [1.54, 1.807) is 6.92 Å². The number of para-hydroxylation sites is 1. The lowest BCUT2D eigenvalue weighted by atomic mass is 9.70. The summed E-state index contributed by atoms with van der Waals surface area (Å²) in [6.07, 6.45) is 0.522. The molecule has 1 aromatic carbocycles. The van der Waals surface area contributed by atoms with Gasteiger partial charge in [-0.25, -0.2) is 0 Å². The Labute approximate surface area is 119 Å². The number of aliphatic hydroxyl groups is 1. The molecule has 0 bridgehead atoms. The summed E-state index contributed by atoms with van der Waals surface area (Å²) in [5, 5.41) is 11.3. The quantitative estimate of drug-likeness (QED) is 0.860. The fourth-order valence-electron chi connectivity index (χ4n) is 2.96. The largest absolute Gasteiger partial charge is 0.493 e. The molecule has 2 rings (SSSR count). The molecule has 0 aromatic heterocycles. The van der Waals surface area contributed by atoms with Crippen molar-refractivity contribution in [3.05, 3.63) is 29.8 Å². The zero-order valence-electron chi connectivity index (χ0n) is 12.3. The molecule has 0 radical (unpaired) electrons. The normalized spacial score (nSPS) is 26.3. The van der Waals surface area contributed by atoms with E-state index in [-0.39, 0.29) is 11.9 Å². The first-order chi connectivity index (χ1) is 9.55. The first kappa shape index (κ1) is 14.9. The van der Waals surface area contributed by atoms with Crippen LogP contribution in [0.2, 0.25) is 0 Å². The summed E-state index contributed by atoms with van der Waals surface area (Å²) >= 11 is 0. The van der Waals surface area contributed by atoms with Crippen LogP contribution in [0.15, 0.2) is 24.3 Å². The van der Waals surface area contributed by atoms with Gasteiger partial charge in [0.25, 0.3) is 0 Å². The minimum atomic E-state index is -1.24. The van der Waals surface area contributed by atoms with Crippen molar-refractivity contribution >= 4 is 5.97 Å². The van der Waals surface area contributed by atoms with E-state index in [1.807, 2.05) is 38.1 Å². The number of benzene rings is 1. The van der Waals surface area contributed by atoms with Crippen LogP contribution in [0.1, 0.15) is 32.8 Å². The van der Waals surface area contributed by atoms with E-state index < -0.39 is 11.5 Å². The fourth-order valence-corrected chi connectivity index (χ4v) is 2.96. The lowest BCUT2D eigenvalue weighted by Crippen LogP contribution is -2.49. The van der Waals surface area contributed by atoms with Gasteiger partial charge in [0.2, 0.25) is 0 Å². The summed E-state index contributed by atoms with van der Waals surface area (Å²) in [4.78, 5) is 12.2. The van der Waals surface area contributed by atoms with Gasteiger partial charge in [-0.15, -0.1) is 0 Å². The van der Waals surface area contributed by atoms with Gasteiger partial charge in [0.1, 0.15) is 11.4 Å². The second-order valence-corrected chi connectivity index (χ2v) is 5.25. The third kappa shape index (κ3) is 2.29. The van der Waals surface area contributed by atoms with Crippen molar-refractivity contribution in [1.82, 2.24) is 0 Å². The van der Waals surface area contributed by atoms with Crippen LogP contribution < -0.4 is 4.74 Å². The Balaban J connectivity index is 2.47. The molecule has 1 heterocycles. The van der Waals surface area contributed by atoms with E-state index in [2.05, 4.69) is 0 Å². The second kappa shape index (κ2) is 5.83. The van der Waals surface area contributed by atoms with Gasteiger partial charge in [-0.1, -0.05) is 32.0 Å². The van der Waals surface area contributed by atoms with Gasteiger partial charge in [0.15, 0.2) is 0 Å². The zero-order valence-corrected chi connectivity index (χ0v) is 12.3. The molecular formula is C16H22O4. The highest BCUT2D eigenvalue weighted by Gasteiger charge is 2.50. The van der Waals surface area contributed by atoms with Gasteiger partial charge >= 0.3 is 5.97 Å². The number of hydrogen-bond donors (Lipinski definition) is 1. The monoisotopic (exact) mass is 278 g/mol. The molecule has 1 aliphatic rings. The minimum Gasteiger partial charge on any atom is -0.493 e. The molecule has 110 valence electrons. The van der Waals surface area contributed by atoms with Gasteiger partial charge in [-0.05, 0) is 19.4 Å². The summed E-state index contributed by atoms with van der Waals surface area (Å²) in [5.74, 6) is -0.453. The maximum atomic E-state index is 12.2. The van der Waals surface area contributed by atoms with E-state index in [0.29, 0.717) is 30.9 Å². The average Bonchev–Trinajstić information content (AvgIpc) is 2.44. The van der Waals surface area contributed by atoms with Crippen molar-refractivity contribution in [3.8, 4) is 5.75 Å². The Morgan fingerprint density at radius 1 is 1.50 bits per heavy atom. The van der Waals surface area contributed by atoms with Crippen molar-refractivity contribution in [1.29, 1.82) is 0 Å². The molecule has 0 spiro atoms. The smallest absolute Gasteiger partial charge is 0.312 e. The molecule has 0 saturated carbocycles. The van der Waals surface area contributed by atoms with Crippen LogP contribution in [-0.2, 0) is 15.1 Å². The van der Waals surface area contributed by atoms with Crippen LogP contribution in [-0.4, -0.2) is 24.3 Å². The highest BCUT2D eigenvalue weighted by atomic mass is 16.5. The maximum absolute atomic E-state index is 12.2. The predicted octanol–water partition coefficient (Wildman–Crippen LogP) is 2.49. The van der Waals surface area contributed by atoms with Crippen molar-refractivity contribution in [2.45, 2.75) is 32.8 Å². The number of carbonyl (C=O) groups is 1. The van der Waals surface area contributed by atoms with Gasteiger partial charge in [0, 0.05) is 11.5 Å². The van der Waals surface area contributed by atoms with Crippen molar-refractivity contribution in [3.63, 3.8) is 0 Å². The molecule has 1 N–H and O–H groups in total. The average molecular weight is 278 g/mol. The van der Waals surface area contributed by atoms with E-state index in [4.69, 9.17) is 9.47 Å². The molecule has 0 amide bonds. The highest BCUT2D eigenvalue weighted by molar-refractivity contribution is 5.74. The molecule has 1 aliphatic heterocycles. The van der Waals surface area contributed by atoms with Crippen LogP contribution >= 0.6 is 0 Å². The predicted molar refractivity (Wildman–Crippen MR) is 75.4 cm³/mol. The van der Waals surface area contributed by atoms with Crippen molar-refractivity contribution in [2.24, 2.45) is 11.8 Å². The lowest BCUT2D eigenvalue weighted by molar-refractivity contribution is -0.168. The topological polar surface area (TPSA) is 55.8 Å². The molecule has 0 aliphatic carbocycles. The van der Waals surface area contributed by atoms with Crippen LogP contribution in [0.25, 0.3) is 0 Å². The number of rotatable bonds is 4. The summed E-state index contributed by atoms with van der Waals surface area (Å²) in [5.41, 5.74) is -0.561. The summed E-state index contributed by atoms with van der Waals surface area (Å²) in [6, 6.07) is 7.36. The second-order valence-electron chi connectivity index (χ2n) is 5.25. The number of fused-ring (bicyclic) bond motifs is 1. The van der Waals surface area contributed by atoms with Crippen LogP contribution in [0.3, 0.4) is 0 Å². The Morgan fingerprint density at radius 3 is 2.85 bits per heavy atom. The van der Waals surface area contributed by atoms with E-state index in [0.717, 1.165) is 0 Å². The van der Waals surface area contributed by atoms with Gasteiger partial charge < -0.3 is 14.6 Å². The van der Waals surface area contributed by atoms with E-state index >= 15 is 0 Å². The Bertz CT molecular complexity index is 485. The Hall–Kier alpha value is -1.55. The van der Waals surface area contributed by atoms with E-state index in [1.165, 1.54) is 0 Å². The van der Waals surface area contributed by atoms with Crippen LogP contribution in [0.5, 0.6) is 5.75 Å². The molecule has 1 aromatic rings. The van der Waals surface area contributed by atoms with Crippen molar-refractivity contribution in [2.75, 3.05) is 13.2 Å². The third-order valence-electron chi connectivity index (χ3n) is 4.07. The Kier molecular flexibility index (Phi) is 4.33. The standard InChI is InChI=1S/C16H22O4/c1-4-12(15(17)19-5-2)16(18)11(3)10-20-14-9-7-6-8-13(14)16/h6-9,11-12,18H,4-5,10H2,1-3H3. The van der Waals surface area contributed by atoms with Crippen LogP contribution in [0, 0.1) is 11.8 Å². The maximum Gasteiger partial charge on any atom is 0.312 e. The third-order valence-corrected chi connectivity index (χ3v) is 4.07. The molecule has 0 fully saturated rings.